The maximum atomic E-state index is 5.91. The van der Waals surface area contributed by atoms with Crippen LogP contribution in [0.2, 0.25) is 0 Å². The molecule has 0 bridgehead atoms. The predicted molar refractivity (Wildman–Crippen MR) is 50.4 cm³/mol. The van der Waals surface area contributed by atoms with Crippen LogP contribution in [0.5, 0.6) is 0 Å². The van der Waals surface area contributed by atoms with Gasteiger partial charge in [0.25, 0.3) is 0 Å². The molecule has 0 aliphatic rings. The van der Waals surface area contributed by atoms with Crippen LogP contribution in [0.4, 0.5) is 5.69 Å². The monoisotopic (exact) mass is 165 g/mol. The van der Waals surface area contributed by atoms with E-state index in [4.69, 9.17) is 11.5 Å². The second-order valence-corrected chi connectivity index (χ2v) is 3.32. The highest BCUT2D eigenvalue weighted by Gasteiger charge is 2.10. The van der Waals surface area contributed by atoms with Gasteiger partial charge in [-0.3, -0.25) is 4.98 Å². The minimum Gasteiger partial charge on any atom is -0.397 e. The smallest absolute Gasteiger partial charge is 0.0503 e. The van der Waals surface area contributed by atoms with Gasteiger partial charge in [-0.15, -0.1) is 0 Å². The summed E-state index contributed by atoms with van der Waals surface area (Å²) in [6, 6.07) is 1.90. The topological polar surface area (TPSA) is 64.9 Å². The Balaban J connectivity index is 2.88. The first-order chi connectivity index (χ1) is 5.61. The van der Waals surface area contributed by atoms with Crippen LogP contribution in [-0.4, -0.2) is 4.98 Å². The van der Waals surface area contributed by atoms with Crippen LogP contribution in [0.3, 0.4) is 0 Å². The SMILES string of the molecule is CC(C)C(N)c1cncc(N)c1. The van der Waals surface area contributed by atoms with Crippen LogP contribution in [0.15, 0.2) is 18.5 Å². The summed E-state index contributed by atoms with van der Waals surface area (Å²) in [5.41, 5.74) is 13.2. The molecule has 0 aromatic carbocycles. The molecule has 0 spiro atoms. The second-order valence-electron chi connectivity index (χ2n) is 3.32. The molecule has 3 heteroatoms. The lowest BCUT2D eigenvalue weighted by Crippen LogP contribution is -2.16. The quantitative estimate of drug-likeness (QED) is 0.694. The van der Waals surface area contributed by atoms with E-state index in [2.05, 4.69) is 18.8 Å². The van der Waals surface area contributed by atoms with Crippen LogP contribution < -0.4 is 11.5 Å². The zero-order valence-electron chi connectivity index (χ0n) is 7.49. The van der Waals surface area contributed by atoms with Crippen molar-refractivity contribution in [3.63, 3.8) is 0 Å². The second kappa shape index (κ2) is 3.54. The summed E-state index contributed by atoms with van der Waals surface area (Å²) in [6.45, 7) is 4.15. The van der Waals surface area contributed by atoms with Gasteiger partial charge in [-0.25, -0.2) is 0 Å². The number of rotatable bonds is 2. The lowest BCUT2D eigenvalue weighted by Gasteiger charge is -2.15. The molecule has 0 fully saturated rings. The summed E-state index contributed by atoms with van der Waals surface area (Å²) in [7, 11) is 0. The van der Waals surface area contributed by atoms with Gasteiger partial charge in [0.15, 0.2) is 0 Å². The van der Waals surface area contributed by atoms with Crippen molar-refractivity contribution < 1.29 is 0 Å². The maximum absolute atomic E-state index is 5.91. The molecule has 0 amide bonds. The molecule has 66 valence electrons. The van der Waals surface area contributed by atoms with Gasteiger partial charge in [-0.1, -0.05) is 13.8 Å². The van der Waals surface area contributed by atoms with E-state index in [-0.39, 0.29) is 6.04 Å². The number of nitrogens with two attached hydrogens (primary N) is 2. The van der Waals surface area contributed by atoms with Crippen LogP contribution in [0.1, 0.15) is 25.5 Å². The van der Waals surface area contributed by atoms with Gasteiger partial charge >= 0.3 is 0 Å². The molecular weight excluding hydrogens is 150 g/mol. The third kappa shape index (κ3) is 1.95. The van der Waals surface area contributed by atoms with Gasteiger partial charge in [0.2, 0.25) is 0 Å². The highest BCUT2D eigenvalue weighted by Crippen LogP contribution is 2.18. The molecule has 0 aliphatic carbocycles. The first-order valence-electron chi connectivity index (χ1n) is 4.07. The summed E-state index contributed by atoms with van der Waals surface area (Å²) in [5, 5.41) is 0. The molecule has 3 nitrogen and oxygen atoms in total. The first-order valence-corrected chi connectivity index (χ1v) is 4.07. The Morgan fingerprint density at radius 3 is 2.50 bits per heavy atom. The number of hydrogen-bond donors (Lipinski definition) is 2. The van der Waals surface area contributed by atoms with Crippen molar-refractivity contribution in [2.75, 3.05) is 5.73 Å². The van der Waals surface area contributed by atoms with E-state index < -0.39 is 0 Å². The summed E-state index contributed by atoms with van der Waals surface area (Å²) in [4.78, 5) is 3.98. The normalized spacial score (nSPS) is 13.3. The molecule has 12 heavy (non-hydrogen) atoms. The number of hydrogen-bond acceptors (Lipinski definition) is 3. The van der Waals surface area contributed by atoms with Crippen molar-refractivity contribution in [1.82, 2.24) is 4.98 Å². The van der Waals surface area contributed by atoms with E-state index in [0.29, 0.717) is 11.6 Å². The highest BCUT2D eigenvalue weighted by atomic mass is 14.7. The van der Waals surface area contributed by atoms with Crippen LogP contribution >= 0.6 is 0 Å². The highest BCUT2D eigenvalue weighted by molar-refractivity contribution is 5.38. The Labute approximate surface area is 72.8 Å². The zero-order valence-corrected chi connectivity index (χ0v) is 7.49. The number of nitrogens with zero attached hydrogens (tertiary/aromatic N) is 1. The largest absolute Gasteiger partial charge is 0.397 e. The fraction of sp³-hybridized carbons (Fsp3) is 0.444. The Kier molecular flexibility index (Phi) is 2.65. The van der Waals surface area contributed by atoms with Crippen molar-refractivity contribution in [2.45, 2.75) is 19.9 Å². The van der Waals surface area contributed by atoms with Gasteiger partial charge < -0.3 is 11.5 Å². The molecule has 0 saturated carbocycles. The Morgan fingerprint density at radius 2 is 2.00 bits per heavy atom. The fourth-order valence-corrected chi connectivity index (χ4v) is 1.04. The minimum atomic E-state index is 0.0287. The van der Waals surface area contributed by atoms with Crippen molar-refractivity contribution >= 4 is 5.69 Å². The molecule has 4 N–H and O–H groups in total. The number of nitrogen functional groups attached to an aromatic ring is 1. The molecule has 1 rings (SSSR count). The van der Waals surface area contributed by atoms with Gasteiger partial charge in [0.05, 0.1) is 5.69 Å². The summed E-state index contributed by atoms with van der Waals surface area (Å²) in [5.74, 6) is 0.411. The van der Waals surface area contributed by atoms with Gasteiger partial charge in [-0.05, 0) is 17.5 Å². The Morgan fingerprint density at radius 1 is 1.33 bits per heavy atom. The molecule has 1 atom stereocenters. The van der Waals surface area contributed by atoms with Crippen LogP contribution in [0.25, 0.3) is 0 Å². The third-order valence-corrected chi connectivity index (χ3v) is 1.88. The molecular formula is C9H15N3. The van der Waals surface area contributed by atoms with E-state index in [9.17, 15) is 0 Å². The van der Waals surface area contributed by atoms with E-state index in [1.807, 2.05) is 6.07 Å². The molecule has 1 unspecified atom stereocenters. The lowest BCUT2D eigenvalue weighted by molar-refractivity contribution is 0.513. The van der Waals surface area contributed by atoms with Gasteiger partial charge in [-0.2, -0.15) is 0 Å². The first kappa shape index (κ1) is 9.00. The predicted octanol–water partition coefficient (Wildman–Crippen LogP) is 1.32. The number of anilines is 1. The van der Waals surface area contributed by atoms with Crippen molar-refractivity contribution in [3.05, 3.63) is 24.0 Å². The average Bonchev–Trinajstić information content (AvgIpc) is 2.03. The standard InChI is InChI=1S/C9H15N3/c1-6(2)9(11)7-3-8(10)5-12-4-7/h3-6,9H,10-11H2,1-2H3. The van der Waals surface area contributed by atoms with E-state index in [1.54, 1.807) is 12.4 Å². The Bertz CT molecular complexity index is 258. The van der Waals surface area contributed by atoms with Crippen molar-refractivity contribution in [3.8, 4) is 0 Å². The molecule has 0 radical (unpaired) electrons. The van der Waals surface area contributed by atoms with E-state index in [0.717, 1.165) is 5.56 Å². The van der Waals surface area contributed by atoms with Crippen LogP contribution in [-0.2, 0) is 0 Å². The molecule has 1 heterocycles. The molecule has 0 aliphatic heterocycles. The minimum absolute atomic E-state index is 0.0287. The summed E-state index contributed by atoms with van der Waals surface area (Å²) >= 11 is 0. The summed E-state index contributed by atoms with van der Waals surface area (Å²) in [6.07, 6.45) is 3.39. The zero-order chi connectivity index (χ0) is 9.14. The number of pyridine rings is 1. The molecule has 1 aromatic rings. The molecule has 1 aromatic heterocycles. The Hall–Kier alpha value is -1.09. The maximum Gasteiger partial charge on any atom is 0.0503 e. The van der Waals surface area contributed by atoms with Crippen molar-refractivity contribution in [1.29, 1.82) is 0 Å². The average molecular weight is 165 g/mol. The third-order valence-electron chi connectivity index (χ3n) is 1.88. The van der Waals surface area contributed by atoms with E-state index in [1.165, 1.54) is 0 Å². The lowest BCUT2D eigenvalue weighted by atomic mass is 9.98. The van der Waals surface area contributed by atoms with Crippen molar-refractivity contribution in [2.24, 2.45) is 11.7 Å². The van der Waals surface area contributed by atoms with Gasteiger partial charge in [0.1, 0.15) is 0 Å². The van der Waals surface area contributed by atoms with Gasteiger partial charge in [0, 0.05) is 18.4 Å². The summed E-state index contributed by atoms with van der Waals surface area (Å²) < 4.78 is 0. The number of aromatic nitrogens is 1. The van der Waals surface area contributed by atoms with Crippen LogP contribution in [0, 0.1) is 5.92 Å². The fourth-order valence-electron chi connectivity index (χ4n) is 1.04. The van der Waals surface area contributed by atoms with E-state index >= 15 is 0 Å². The molecule has 0 saturated heterocycles.